The highest BCUT2D eigenvalue weighted by Crippen LogP contribution is 2.43. The third-order valence-corrected chi connectivity index (χ3v) is 4.10. The predicted molar refractivity (Wildman–Crippen MR) is 67.3 cm³/mol. The minimum Gasteiger partial charge on any atom is -0.385 e. The molecule has 1 N–H and O–H groups in total. The third-order valence-electron chi connectivity index (χ3n) is 3.61. The van der Waals surface area contributed by atoms with Gasteiger partial charge < -0.3 is 9.84 Å². The van der Waals surface area contributed by atoms with Crippen LogP contribution in [0, 0.1) is 5.82 Å². The van der Waals surface area contributed by atoms with Gasteiger partial charge in [0.1, 0.15) is 11.9 Å². The average Bonchev–Trinajstić information content (AvgIpc) is 2.81. The van der Waals surface area contributed by atoms with E-state index < -0.39 is 11.7 Å². The van der Waals surface area contributed by atoms with Crippen LogP contribution >= 0.6 is 15.9 Å². The zero-order chi connectivity index (χ0) is 12.5. The molecule has 1 fully saturated rings. The summed E-state index contributed by atoms with van der Waals surface area (Å²) in [4.78, 5) is 0. The van der Waals surface area contributed by atoms with Crippen LogP contribution in [0.1, 0.15) is 37.4 Å². The highest BCUT2D eigenvalue weighted by atomic mass is 79.9. The van der Waals surface area contributed by atoms with E-state index in [0.717, 1.165) is 30.2 Å². The molecule has 0 spiro atoms. The number of ether oxygens (including phenoxy) is 1. The van der Waals surface area contributed by atoms with Crippen LogP contribution in [0.4, 0.5) is 4.39 Å². The van der Waals surface area contributed by atoms with Gasteiger partial charge in [-0.1, -0.05) is 28.8 Å². The van der Waals surface area contributed by atoms with Gasteiger partial charge in [0.2, 0.25) is 0 Å². The third kappa shape index (κ3) is 2.39. The van der Waals surface area contributed by atoms with Gasteiger partial charge in [0.25, 0.3) is 0 Å². The van der Waals surface area contributed by atoms with E-state index in [1.165, 1.54) is 6.07 Å². The topological polar surface area (TPSA) is 29.5 Å². The number of hydrogen-bond acceptors (Lipinski definition) is 2. The molecule has 2 rings (SSSR count). The molecule has 0 bridgehead atoms. The fraction of sp³-hybridized carbons (Fsp3) is 0.538. The maximum atomic E-state index is 13.7. The van der Waals surface area contributed by atoms with E-state index in [-0.39, 0.29) is 5.82 Å². The molecule has 0 amide bonds. The monoisotopic (exact) mass is 302 g/mol. The van der Waals surface area contributed by atoms with Crippen molar-refractivity contribution in [2.24, 2.45) is 0 Å². The molecule has 4 heteroatoms. The highest BCUT2D eigenvalue weighted by Gasteiger charge is 2.42. The molecule has 1 aliphatic carbocycles. The SMILES string of the molecule is COC1(C(O)c2cc(Br)ccc2F)CCCC1. The van der Waals surface area contributed by atoms with Gasteiger partial charge in [-0.3, -0.25) is 0 Å². The Morgan fingerprint density at radius 1 is 1.41 bits per heavy atom. The second-order valence-corrected chi connectivity index (χ2v) is 5.46. The first kappa shape index (κ1) is 13.0. The van der Waals surface area contributed by atoms with E-state index >= 15 is 0 Å². The Morgan fingerprint density at radius 2 is 2.06 bits per heavy atom. The second-order valence-electron chi connectivity index (χ2n) is 4.54. The molecule has 0 heterocycles. The lowest BCUT2D eigenvalue weighted by Crippen LogP contribution is -2.35. The summed E-state index contributed by atoms with van der Waals surface area (Å²) in [6, 6.07) is 4.61. The van der Waals surface area contributed by atoms with Gasteiger partial charge >= 0.3 is 0 Å². The predicted octanol–water partition coefficient (Wildman–Crippen LogP) is 3.58. The summed E-state index contributed by atoms with van der Waals surface area (Å²) >= 11 is 3.29. The molecule has 2 nitrogen and oxygen atoms in total. The summed E-state index contributed by atoms with van der Waals surface area (Å²) in [5.41, 5.74) is -0.315. The van der Waals surface area contributed by atoms with E-state index in [1.807, 2.05) is 0 Å². The van der Waals surface area contributed by atoms with E-state index in [2.05, 4.69) is 15.9 Å². The number of aliphatic hydroxyl groups is 1. The van der Waals surface area contributed by atoms with Crippen molar-refractivity contribution in [1.29, 1.82) is 0 Å². The van der Waals surface area contributed by atoms with Gasteiger partial charge in [-0.05, 0) is 31.0 Å². The summed E-state index contributed by atoms with van der Waals surface area (Å²) in [6.45, 7) is 0. The summed E-state index contributed by atoms with van der Waals surface area (Å²) in [5.74, 6) is -0.385. The maximum Gasteiger partial charge on any atom is 0.129 e. The summed E-state index contributed by atoms with van der Waals surface area (Å²) in [6.07, 6.45) is 2.67. The molecule has 0 aromatic heterocycles. The van der Waals surface area contributed by atoms with Crippen molar-refractivity contribution in [3.8, 4) is 0 Å². The minimum atomic E-state index is -0.910. The summed E-state index contributed by atoms with van der Waals surface area (Å²) in [7, 11) is 1.59. The highest BCUT2D eigenvalue weighted by molar-refractivity contribution is 9.10. The van der Waals surface area contributed by atoms with Gasteiger partial charge in [-0.25, -0.2) is 4.39 Å². The lowest BCUT2D eigenvalue weighted by molar-refractivity contribution is -0.101. The molecule has 1 aliphatic rings. The van der Waals surface area contributed by atoms with Crippen LogP contribution in [-0.4, -0.2) is 17.8 Å². The number of rotatable bonds is 3. The lowest BCUT2D eigenvalue weighted by atomic mass is 9.89. The fourth-order valence-electron chi connectivity index (χ4n) is 2.57. The standard InChI is InChI=1S/C13H16BrFO2/c1-17-13(6-2-3-7-13)12(16)10-8-9(14)4-5-11(10)15/h4-5,8,12,16H,2-3,6-7H2,1H3. The molecule has 17 heavy (non-hydrogen) atoms. The fourth-order valence-corrected chi connectivity index (χ4v) is 2.95. The van der Waals surface area contributed by atoms with Gasteiger partial charge in [0.05, 0.1) is 5.60 Å². The van der Waals surface area contributed by atoms with E-state index in [1.54, 1.807) is 19.2 Å². The van der Waals surface area contributed by atoms with Crippen LogP contribution in [0.3, 0.4) is 0 Å². The molecule has 1 aromatic rings. The van der Waals surface area contributed by atoms with Crippen molar-refractivity contribution in [3.63, 3.8) is 0 Å². The molecule has 1 aromatic carbocycles. The molecular weight excluding hydrogens is 287 g/mol. The molecular formula is C13H16BrFO2. The van der Waals surface area contributed by atoms with Gasteiger partial charge in [-0.2, -0.15) is 0 Å². The molecule has 1 unspecified atom stereocenters. The first-order chi connectivity index (χ1) is 8.09. The number of hydrogen-bond donors (Lipinski definition) is 1. The van der Waals surface area contributed by atoms with Gasteiger partial charge in [0.15, 0.2) is 0 Å². The summed E-state index contributed by atoms with van der Waals surface area (Å²) in [5, 5.41) is 10.4. The van der Waals surface area contributed by atoms with Crippen molar-refractivity contribution in [2.75, 3.05) is 7.11 Å². The van der Waals surface area contributed by atoms with E-state index in [9.17, 15) is 9.50 Å². The smallest absolute Gasteiger partial charge is 0.129 e. The molecule has 0 aliphatic heterocycles. The number of aliphatic hydroxyl groups excluding tert-OH is 1. The summed E-state index contributed by atoms with van der Waals surface area (Å²) < 4.78 is 20.0. The van der Waals surface area contributed by atoms with Crippen LogP contribution in [0.25, 0.3) is 0 Å². The molecule has 1 atom stereocenters. The molecule has 0 radical (unpaired) electrons. The van der Waals surface area contributed by atoms with Crippen molar-refractivity contribution >= 4 is 15.9 Å². The van der Waals surface area contributed by atoms with Crippen molar-refractivity contribution in [3.05, 3.63) is 34.1 Å². The average molecular weight is 303 g/mol. The van der Waals surface area contributed by atoms with Crippen molar-refractivity contribution in [1.82, 2.24) is 0 Å². The maximum absolute atomic E-state index is 13.7. The minimum absolute atomic E-state index is 0.308. The Hall–Kier alpha value is -0.450. The zero-order valence-corrected chi connectivity index (χ0v) is 11.3. The van der Waals surface area contributed by atoms with Crippen molar-refractivity contribution in [2.45, 2.75) is 37.4 Å². The van der Waals surface area contributed by atoms with Crippen LogP contribution in [-0.2, 0) is 4.74 Å². The van der Waals surface area contributed by atoms with Crippen LogP contribution < -0.4 is 0 Å². The van der Waals surface area contributed by atoms with Gasteiger partial charge in [0, 0.05) is 17.1 Å². The number of halogens is 2. The molecule has 1 saturated carbocycles. The first-order valence-electron chi connectivity index (χ1n) is 5.77. The first-order valence-corrected chi connectivity index (χ1v) is 6.56. The Balaban J connectivity index is 2.35. The quantitative estimate of drug-likeness (QED) is 0.925. The Morgan fingerprint density at radius 3 is 2.65 bits per heavy atom. The van der Waals surface area contributed by atoms with Crippen LogP contribution in [0.5, 0.6) is 0 Å². The van der Waals surface area contributed by atoms with E-state index in [0.29, 0.717) is 5.56 Å². The Kier molecular flexibility index (Phi) is 3.85. The van der Waals surface area contributed by atoms with Gasteiger partial charge in [-0.15, -0.1) is 0 Å². The van der Waals surface area contributed by atoms with E-state index in [4.69, 9.17) is 4.74 Å². The lowest BCUT2D eigenvalue weighted by Gasteiger charge is -2.33. The van der Waals surface area contributed by atoms with Crippen molar-refractivity contribution < 1.29 is 14.2 Å². The second kappa shape index (κ2) is 5.04. The normalized spacial score (nSPS) is 20.5. The molecule has 0 saturated heterocycles. The zero-order valence-electron chi connectivity index (χ0n) is 9.75. The number of methoxy groups -OCH3 is 1. The largest absolute Gasteiger partial charge is 0.385 e. The Bertz CT molecular complexity index is 402. The molecule has 94 valence electrons. The number of benzene rings is 1. The van der Waals surface area contributed by atoms with Crippen LogP contribution in [0.15, 0.2) is 22.7 Å². The van der Waals surface area contributed by atoms with Crippen LogP contribution in [0.2, 0.25) is 0 Å². The Labute approximate surface area is 109 Å².